The van der Waals surface area contributed by atoms with Crippen molar-refractivity contribution in [1.29, 1.82) is 0 Å². The van der Waals surface area contributed by atoms with Crippen LogP contribution in [0.25, 0.3) is 0 Å². The van der Waals surface area contributed by atoms with Crippen LogP contribution in [-0.4, -0.2) is 39.9 Å². The fourth-order valence-corrected chi connectivity index (χ4v) is 5.56. The lowest BCUT2D eigenvalue weighted by Crippen LogP contribution is -2.49. The summed E-state index contributed by atoms with van der Waals surface area (Å²) in [6.07, 6.45) is 7.02. The first kappa shape index (κ1) is 25.5. The smallest absolute Gasteiger partial charge is 0.412 e. The van der Waals surface area contributed by atoms with E-state index in [-0.39, 0.29) is 18.8 Å². The zero-order valence-corrected chi connectivity index (χ0v) is 20.7. The van der Waals surface area contributed by atoms with Crippen LogP contribution in [0, 0.1) is 17.8 Å². The highest BCUT2D eigenvalue weighted by Crippen LogP contribution is 2.40. The van der Waals surface area contributed by atoms with Gasteiger partial charge in [0.05, 0.1) is 18.1 Å². The van der Waals surface area contributed by atoms with Crippen molar-refractivity contribution in [3.63, 3.8) is 0 Å². The van der Waals surface area contributed by atoms with E-state index in [1.165, 1.54) is 19.3 Å². The zero-order valence-electron chi connectivity index (χ0n) is 20.7. The van der Waals surface area contributed by atoms with E-state index in [0.29, 0.717) is 24.7 Å². The summed E-state index contributed by atoms with van der Waals surface area (Å²) >= 11 is 0. The van der Waals surface area contributed by atoms with Gasteiger partial charge in [-0.3, -0.25) is 9.69 Å². The minimum atomic E-state index is -0.855. The van der Waals surface area contributed by atoms with Gasteiger partial charge in [-0.25, -0.2) is 4.79 Å². The van der Waals surface area contributed by atoms with Crippen molar-refractivity contribution < 1.29 is 24.2 Å². The molecule has 0 radical (unpaired) electrons. The summed E-state index contributed by atoms with van der Waals surface area (Å²) in [7, 11) is 0. The van der Waals surface area contributed by atoms with Gasteiger partial charge < -0.3 is 14.6 Å². The van der Waals surface area contributed by atoms with Crippen LogP contribution in [0.4, 0.5) is 4.79 Å². The lowest BCUT2D eigenvalue weighted by molar-refractivity contribution is -0.145. The minimum Gasteiger partial charge on any atom is -0.481 e. The predicted molar refractivity (Wildman–Crippen MR) is 128 cm³/mol. The minimum absolute atomic E-state index is 0.199. The number of carboxylic acid groups (broad SMARTS) is 1. The second-order valence-electron chi connectivity index (χ2n) is 10.7. The molecule has 1 aromatic carbocycles. The fraction of sp³-hybridized carbons (Fsp3) is 0.704. The van der Waals surface area contributed by atoms with E-state index in [4.69, 9.17) is 9.47 Å². The molecule has 1 aliphatic carbocycles. The van der Waals surface area contributed by atoms with Crippen molar-refractivity contribution >= 4 is 12.1 Å². The molecule has 184 valence electrons. The third-order valence-corrected chi connectivity index (χ3v) is 7.10. The van der Waals surface area contributed by atoms with Crippen molar-refractivity contribution in [1.82, 2.24) is 4.90 Å². The highest BCUT2D eigenvalue weighted by atomic mass is 16.6. The quantitative estimate of drug-likeness (QED) is 0.473. The Morgan fingerprint density at radius 3 is 2.36 bits per heavy atom. The number of hydrogen-bond acceptors (Lipinski definition) is 4. The first-order valence-electron chi connectivity index (χ1n) is 12.6. The molecule has 1 saturated carbocycles. The van der Waals surface area contributed by atoms with E-state index in [1.54, 1.807) is 4.90 Å². The third-order valence-electron chi connectivity index (χ3n) is 7.10. The number of aliphatic carboxylic acids is 1. The Kier molecular flexibility index (Phi) is 8.80. The van der Waals surface area contributed by atoms with Gasteiger partial charge >= 0.3 is 12.1 Å². The van der Waals surface area contributed by atoms with Crippen molar-refractivity contribution in [2.24, 2.45) is 17.8 Å². The summed E-state index contributed by atoms with van der Waals surface area (Å²) in [5.41, 5.74) is 0.0745. The van der Waals surface area contributed by atoms with E-state index in [2.05, 4.69) is 13.8 Å². The zero-order chi connectivity index (χ0) is 24.0. The van der Waals surface area contributed by atoms with Crippen LogP contribution in [0.1, 0.15) is 84.6 Å². The van der Waals surface area contributed by atoms with Crippen molar-refractivity contribution in [3.05, 3.63) is 35.9 Å². The van der Waals surface area contributed by atoms with E-state index in [9.17, 15) is 14.7 Å². The van der Waals surface area contributed by atoms with E-state index in [0.717, 1.165) is 24.8 Å². The topological polar surface area (TPSA) is 76.1 Å². The number of benzene rings is 1. The van der Waals surface area contributed by atoms with Crippen molar-refractivity contribution in [3.8, 4) is 0 Å². The molecule has 1 aliphatic heterocycles. The maximum Gasteiger partial charge on any atom is 0.412 e. The van der Waals surface area contributed by atoms with Gasteiger partial charge in [0.25, 0.3) is 0 Å². The Morgan fingerprint density at radius 2 is 1.76 bits per heavy atom. The number of carbonyl (C=O) groups excluding carboxylic acids is 1. The molecule has 0 bridgehead atoms. The van der Waals surface area contributed by atoms with Crippen molar-refractivity contribution in [2.75, 3.05) is 0 Å². The first-order valence-corrected chi connectivity index (χ1v) is 12.6. The van der Waals surface area contributed by atoms with Gasteiger partial charge in [-0.05, 0) is 50.5 Å². The molecular formula is C27H41NO5. The van der Waals surface area contributed by atoms with Crippen molar-refractivity contribution in [2.45, 2.75) is 104 Å². The SMILES string of the molecule is CC(C)C[C@H]1[C@H](CC(CC2CCCCC2)C(=O)O)OC(C)(C)N1C(=O)OCc1ccccc1. The molecule has 33 heavy (non-hydrogen) atoms. The lowest BCUT2D eigenvalue weighted by Gasteiger charge is -2.33. The van der Waals surface area contributed by atoms with E-state index >= 15 is 0 Å². The average molecular weight is 460 g/mol. The van der Waals surface area contributed by atoms with Gasteiger partial charge in [-0.1, -0.05) is 76.3 Å². The summed E-state index contributed by atoms with van der Waals surface area (Å²) in [6, 6.07) is 9.41. The monoisotopic (exact) mass is 459 g/mol. The number of carbonyl (C=O) groups is 2. The molecule has 3 rings (SSSR count). The highest BCUT2D eigenvalue weighted by Gasteiger charge is 2.51. The Balaban J connectivity index is 1.73. The number of nitrogens with zero attached hydrogens (tertiary/aromatic N) is 1. The predicted octanol–water partition coefficient (Wildman–Crippen LogP) is 6.24. The molecule has 0 aromatic heterocycles. The van der Waals surface area contributed by atoms with Crippen LogP contribution in [-0.2, 0) is 20.9 Å². The van der Waals surface area contributed by atoms with Gasteiger partial charge in [0, 0.05) is 0 Å². The normalized spacial score (nSPS) is 24.1. The molecule has 0 spiro atoms. The molecule has 1 heterocycles. The molecule has 1 unspecified atom stereocenters. The number of amides is 1. The number of hydrogen-bond donors (Lipinski definition) is 1. The summed E-state index contributed by atoms with van der Waals surface area (Å²) in [6.45, 7) is 8.19. The van der Waals surface area contributed by atoms with Crippen LogP contribution in [0.5, 0.6) is 0 Å². The summed E-state index contributed by atoms with van der Waals surface area (Å²) in [5.74, 6) is -0.398. The van der Waals surface area contributed by atoms with Crippen LogP contribution in [0.15, 0.2) is 30.3 Å². The molecule has 2 fully saturated rings. The average Bonchev–Trinajstić information content (AvgIpc) is 3.01. The number of rotatable bonds is 9. The Labute approximate surface area is 198 Å². The van der Waals surface area contributed by atoms with E-state index < -0.39 is 23.7 Å². The molecular weight excluding hydrogens is 418 g/mol. The van der Waals surface area contributed by atoms with Gasteiger partial charge in [0.15, 0.2) is 0 Å². The molecule has 1 aromatic rings. The van der Waals surface area contributed by atoms with Crippen LogP contribution in [0.3, 0.4) is 0 Å². The molecule has 1 saturated heterocycles. The van der Waals surface area contributed by atoms with Crippen LogP contribution in [0.2, 0.25) is 0 Å². The summed E-state index contributed by atoms with van der Waals surface area (Å²) < 4.78 is 12.1. The maximum absolute atomic E-state index is 13.2. The van der Waals surface area contributed by atoms with Crippen LogP contribution < -0.4 is 0 Å². The molecule has 3 atom stereocenters. The lowest BCUT2D eigenvalue weighted by atomic mass is 9.80. The van der Waals surface area contributed by atoms with Gasteiger partial charge in [0.1, 0.15) is 12.3 Å². The standard InChI is InChI=1S/C27H41NO5/c1-19(2)15-23-24(17-22(25(29)30)16-20-11-7-5-8-12-20)33-27(3,4)28(23)26(31)32-18-21-13-9-6-10-14-21/h6,9-10,13-14,19-20,22-24H,5,7-8,11-12,15-18H2,1-4H3,(H,29,30)/t22?,23-,24-/m0/s1. The van der Waals surface area contributed by atoms with Gasteiger partial charge in [-0.2, -0.15) is 0 Å². The van der Waals surface area contributed by atoms with Crippen LogP contribution >= 0.6 is 0 Å². The number of carboxylic acids is 1. The van der Waals surface area contributed by atoms with Gasteiger partial charge in [0.2, 0.25) is 0 Å². The molecule has 2 aliphatic rings. The maximum atomic E-state index is 13.2. The third kappa shape index (κ3) is 6.95. The van der Waals surface area contributed by atoms with Gasteiger partial charge in [-0.15, -0.1) is 0 Å². The summed E-state index contributed by atoms with van der Waals surface area (Å²) in [5, 5.41) is 9.99. The molecule has 1 amide bonds. The number of ether oxygens (including phenoxy) is 2. The Hall–Kier alpha value is -2.08. The molecule has 6 nitrogen and oxygen atoms in total. The second-order valence-corrected chi connectivity index (χ2v) is 10.7. The Bertz CT molecular complexity index is 772. The fourth-order valence-electron chi connectivity index (χ4n) is 5.56. The molecule has 6 heteroatoms. The van der Waals surface area contributed by atoms with E-state index in [1.807, 2.05) is 44.2 Å². The summed E-state index contributed by atoms with van der Waals surface area (Å²) in [4.78, 5) is 27.1. The Morgan fingerprint density at radius 1 is 1.09 bits per heavy atom. The first-order chi connectivity index (χ1) is 15.7. The molecule has 1 N–H and O–H groups in total. The highest BCUT2D eigenvalue weighted by molar-refractivity contribution is 5.71. The largest absolute Gasteiger partial charge is 0.481 e. The second kappa shape index (κ2) is 11.4.